The Balaban J connectivity index is 1.47. The maximum Gasteiger partial charge on any atom is 0.251 e. The lowest BCUT2D eigenvalue weighted by atomic mass is 10.1. The highest BCUT2D eigenvalue weighted by Crippen LogP contribution is 2.23. The molecule has 6 nitrogen and oxygen atoms in total. The summed E-state index contributed by atoms with van der Waals surface area (Å²) in [6, 6.07) is 8.99. The molecule has 1 saturated heterocycles. The molecule has 1 aliphatic rings. The first-order valence-corrected chi connectivity index (χ1v) is 10.2. The number of halogens is 3. The van der Waals surface area contributed by atoms with Crippen molar-refractivity contribution in [3.8, 4) is 5.75 Å². The van der Waals surface area contributed by atoms with E-state index >= 15 is 0 Å². The second-order valence-corrected chi connectivity index (χ2v) is 7.74. The minimum atomic E-state index is -0.390. The smallest absolute Gasteiger partial charge is 0.251 e. The number of carbonyl (C=O) groups excluding carboxylic acids is 2. The summed E-state index contributed by atoms with van der Waals surface area (Å²) in [7, 11) is 1.56. The first-order chi connectivity index (χ1) is 14.4. The van der Waals surface area contributed by atoms with Crippen LogP contribution in [-0.4, -0.2) is 61.4 Å². The van der Waals surface area contributed by atoms with Crippen LogP contribution < -0.4 is 10.1 Å². The van der Waals surface area contributed by atoms with Gasteiger partial charge < -0.3 is 15.0 Å². The van der Waals surface area contributed by atoms with Gasteiger partial charge in [-0.25, -0.2) is 4.39 Å². The number of piperazine rings is 1. The Morgan fingerprint density at radius 2 is 1.80 bits per heavy atom. The molecule has 9 heteroatoms. The number of ether oxygens (including phenoxy) is 1. The van der Waals surface area contributed by atoms with Gasteiger partial charge in [0.15, 0.2) is 0 Å². The van der Waals surface area contributed by atoms with E-state index in [4.69, 9.17) is 27.9 Å². The van der Waals surface area contributed by atoms with Crippen molar-refractivity contribution in [3.63, 3.8) is 0 Å². The van der Waals surface area contributed by atoms with E-state index in [0.29, 0.717) is 49.1 Å². The molecule has 0 spiro atoms. The van der Waals surface area contributed by atoms with Crippen LogP contribution in [0.3, 0.4) is 0 Å². The van der Waals surface area contributed by atoms with Crippen molar-refractivity contribution >= 4 is 35.0 Å². The highest BCUT2D eigenvalue weighted by Gasteiger charge is 2.22. The van der Waals surface area contributed by atoms with Gasteiger partial charge in [-0.15, -0.1) is 0 Å². The molecule has 0 atom stereocenters. The molecule has 30 heavy (non-hydrogen) atoms. The van der Waals surface area contributed by atoms with E-state index in [1.807, 2.05) is 0 Å². The molecule has 3 rings (SSSR count). The van der Waals surface area contributed by atoms with Gasteiger partial charge in [-0.05, 0) is 36.4 Å². The average molecular weight is 454 g/mol. The van der Waals surface area contributed by atoms with Gasteiger partial charge in [0, 0.05) is 43.9 Å². The molecule has 1 fully saturated rings. The summed E-state index contributed by atoms with van der Waals surface area (Å²) in [5, 5.41) is 3.25. The second-order valence-electron chi connectivity index (χ2n) is 6.92. The van der Waals surface area contributed by atoms with Gasteiger partial charge in [0.2, 0.25) is 5.91 Å². The van der Waals surface area contributed by atoms with E-state index in [1.165, 1.54) is 24.3 Å². The molecule has 160 valence electrons. The largest absolute Gasteiger partial charge is 0.496 e. The zero-order valence-electron chi connectivity index (χ0n) is 16.5. The Morgan fingerprint density at radius 3 is 2.47 bits per heavy atom. The van der Waals surface area contributed by atoms with Gasteiger partial charge in [-0.2, -0.15) is 0 Å². The summed E-state index contributed by atoms with van der Waals surface area (Å²) in [6.45, 7) is 2.78. The number of methoxy groups -OCH3 is 1. The minimum absolute atomic E-state index is 0.100. The summed E-state index contributed by atoms with van der Waals surface area (Å²) < 4.78 is 18.8. The number of carbonyl (C=O) groups is 2. The van der Waals surface area contributed by atoms with E-state index in [1.54, 1.807) is 24.1 Å². The third-order valence-electron chi connectivity index (χ3n) is 4.94. The average Bonchev–Trinajstić information content (AvgIpc) is 2.74. The molecule has 0 aromatic heterocycles. The van der Waals surface area contributed by atoms with Gasteiger partial charge in [0.05, 0.1) is 23.7 Å². The van der Waals surface area contributed by atoms with Gasteiger partial charge in [0.25, 0.3) is 5.91 Å². The molecule has 1 heterocycles. The lowest BCUT2D eigenvalue weighted by Crippen LogP contribution is -2.50. The maximum atomic E-state index is 13.5. The molecule has 2 aromatic rings. The predicted octanol–water partition coefficient (Wildman–Crippen LogP) is 3.22. The quantitative estimate of drug-likeness (QED) is 0.729. The Hall–Kier alpha value is -2.35. The van der Waals surface area contributed by atoms with E-state index < -0.39 is 5.91 Å². The number of nitrogens with zero attached hydrogens (tertiary/aromatic N) is 2. The summed E-state index contributed by atoms with van der Waals surface area (Å²) in [5.74, 6) is -0.220. The van der Waals surface area contributed by atoms with Crippen LogP contribution in [0, 0.1) is 5.82 Å². The molecule has 0 bridgehead atoms. The highest BCUT2D eigenvalue weighted by atomic mass is 35.5. The van der Waals surface area contributed by atoms with Crippen LogP contribution in [0.5, 0.6) is 5.75 Å². The number of benzene rings is 2. The summed E-state index contributed by atoms with van der Waals surface area (Å²) in [4.78, 5) is 28.5. The Bertz CT molecular complexity index is 934. The Kier molecular flexibility index (Phi) is 7.53. The summed E-state index contributed by atoms with van der Waals surface area (Å²) in [6.07, 6.45) is 0. The van der Waals surface area contributed by atoms with E-state index in [9.17, 15) is 14.0 Å². The third-order valence-corrected chi connectivity index (χ3v) is 5.68. The van der Waals surface area contributed by atoms with Gasteiger partial charge in [0.1, 0.15) is 11.6 Å². The molecular formula is C21H22Cl2FN3O3. The topological polar surface area (TPSA) is 61.9 Å². The highest BCUT2D eigenvalue weighted by molar-refractivity contribution is 6.42. The minimum Gasteiger partial charge on any atom is -0.496 e. The molecule has 0 unspecified atom stereocenters. The van der Waals surface area contributed by atoms with Crippen LogP contribution in [0.25, 0.3) is 0 Å². The Labute approximate surface area is 184 Å². The fourth-order valence-corrected chi connectivity index (χ4v) is 3.57. The predicted molar refractivity (Wildman–Crippen MR) is 114 cm³/mol. The first kappa shape index (κ1) is 22.3. The fourth-order valence-electron chi connectivity index (χ4n) is 3.27. The summed E-state index contributed by atoms with van der Waals surface area (Å²) >= 11 is 11.8. The van der Waals surface area contributed by atoms with Crippen molar-refractivity contribution in [1.82, 2.24) is 15.1 Å². The van der Waals surface area contributed by atoms with Gasteiger partial charge in [-0.3, -0.25) is 14.5 Å². The molecule has 1 aliphatic heterocycles. The molecule has 2 amide bonds. The maximum absolute atomic E-state index is 13.5. The van der Waals surface area contributed by atoms with Crippen molar-refractivity contribution < 1.29 is 18.7 Å². The SMILES string of the molecule is COc1ccc(F)cc1CN1CCN(C(=O)CNC(=O)c2ccc(Cl)c(Cl)c2)CC1. The molecule has 0 aliphatic carbocycles. The summed E-state index contributed by atoms with van der Waals surface area (Å²) in [5.41, 5.74) is 1.11. The van der Waals surface area contributed by atoms with E-state index in [-0.39, 0.29) is 23.3 Å². The lowest BCUT2D eigenvalue weighted by Gasteiger charge is -2.35. The molecule has 0 saturated carbocycles. The van der Waals surface area contributed by atoms with E-state index in [2.05, 4.69) is 10.2 Å². The third kappa shape index (κ3) is 5.62. The second kappa shape index (κ2) is 10.1. The first-order valence-electron chi connectivity index (χ1n) is 9.43. The number of amides is 2. The number of hydrogen-bond acceptors (Lipinski definition) is 4. The standard InChI is InChI=1S/C21H22Cl2FN3O3/c1-30-19-5-3-16(24)10-15(19)13-26-6-8-27(9-7-26)20(28)12-25-21(29)14-2-4-17(22)18(23)11-14/h2-5,10-11H,6-9,12-13H2,1H3,(H,25,29). The van der Waals surface area contributed by atoms with Gasteiger partial charge >= 0.3 is 0 Å². The van der Waals surface area contributed by atoms with Crippen LogP contribution in [0.2, 0.25) is 10.0 Å². The fraction of sp³-hybridized carbons (Fsp3) is 0.333. The lowest BCUT2D eigenvalue weighted by molar-refractivity contribution is -0.131. The zero-order chi connectivity index (χ0) is 21.7. The van der Waals surface area contributed by atoms with E-state index in [0.717, 1.165) is 5.56 Å². The van der Waals surface area contributed by atoms with Crippen molar-refractivity contribution in [1.29, 1.82) is 0 Å². The molecule has 2 aromatic carbocycles. The zero-order valence-corrected chi connectivity index (χ0v) is 18.0. The Morgan fingerprint density at radius 1 is 1.07 bits per heavy atom. The van der Waals surface area contributed by atoms with Crippen LogP contribution in [0.1, 0.15) is 15.9 Å². The number of rotatable bonds is 6. The molecular weight excluding hydrogens is 432 g/mol. The van der Waals surface area contributed by atoms with Crippen LogP contribution in [0.15, 0.2) is 36.4 Å². The van der Waals surface area contributed by atoms with Crippen molar-refractivity contribution in [2.45, 2.75) is 6.54 Å². The van der Waals surface area contributed by atoms with Crippen molar-refractivity contribution in [3.05, 3.63) is 63.4 Å². The molecule has 0 radical (unpaired) electrons. The monoisotopic (exact) mass is 453 g/mol. The number of nitrogens with one attached hydrogen (secondary N) is 1. The van der Waals surface area contributed by atoms with Crippen molar-refractivity contribution in [2.24, 2.45) is 0 Å². The van der Waals surface area contributed by atoms with Gasteiger partial charge in [-0.1, -0.05) is 23.2 Å². The molecule has 1 N–H and O–H groups in total. The number of hydrogen-bond donors (Lipinski definition) is 1. The normalized spacial score (nSPS) is 14.5. The van der Waals surface area contributed by atoms with Crippen LogP contribution in [-0.2, 0) is 11.3 Å². The van der Waals surface area contributed by atoms with Crippen molar-refractivity contribution in [2.75, 3.05) is 39.8 Å². The van der Waals surface area contributed by atoms with Crippen LogP contribution >= 0.6 is 23.2 Å². The van der Waals surface area contributed by atoms with Crippen LogP contribution in [0.4, 0.5) is 4.39 Å².